The number of nitrogens with one attached hydrogen (secondary N) is 2. The summed E-state index contributed by atoms with van der Waals surface area (Å²) in [6, 6.07) is 3.79. The molecule has 22 heavy (non-hydrogen) atoms. The van der Waals surface area contributed by atoms with Crippen molar-refractivity contribution in [2.45, 2.75) is 19.4 Å². The summed E-state index contributed by atoms with van der Waals surface area (Å²) in [6.07, 6.45) is 0.933. The minimum Gasteiger partial charge on any atom is -0.351 e. The molecule has 1 aliphatic rings. The van der Waals surface area contributed by atoms with Crippen molar-refractivity contribution in [1.82, 2.24) is 15.5 Å². The summed E-state index contributed by atoms with van der Waals surface area (Å²) in [5.74, 6) is 0.191. The van der Waals surface area contributed by atoms with E-state index in [0.29, 0.717) is 10.8 Å². The van der Waals surface area contributed by atoms with Crippen LogP contribution in [0.3, 0.4) is 0 Å². The SMILES string of the molecule is CC1CNCCC1NC(=O)CN(C)C(=O)c1ccc(Br)s1.Cl. The van der Waals surface area contributed by atoms with Gasteiger partial charge in [0, 0.05) is 13.1 Å². The lowest BCUT2D eigenvalue weighted by molar-refractivity contribution is -0.122. The molecule has 2 unspecified atom stereocenters. The number of thiophene rings is 1. The number of halogens is 2. The lowest BCUT2D eigenvalue weighted by Gasteiger charge is -2.30. The van der Waals surface area contributed by atoms with Gasteiger partial charge in [0.1, 0.15) is 0 Å². The first kappa shape index (κ1) is 19.4. The van der Waals surface area contributed by atoms with Crippen molar-refractivity contribution >= 4 is 51.5 Å². The minimum atomic E-state index is -0.126. The van der Waals surface area contributed by atoms with Gasteiger partial charge in [0.25, 0.3) is 5.91 Å². The summed E-state index contributed by atoms with van der Waals surface area (Å²) in [5, 5.41) is 6.33. The molecule has 2 rings (SSSR count). The van der Waals surface area contributed by atoms with Crippen molar-refractivity contribution in [3.8, 4) is 0 Å². The number of hydrogen-bond acceptors (Lipinski definition) is 4. The molecular formula is C14H21BrClN3O2S. The van der Waals surface area contributed by atoms with Gasteiger partial charge >= 0.3 is 0 Å². The van der Waals surface area contributed by atoms with Crippen molar-refractivity contribution in [2.24, 2.45) is 5.92 Å². The monoisotopic (exact) mass is 409 g/mol. The molecule has 1 aromatic heterocycles. The van der Waals surface area contributed by atoms with Crippen LogP contribution in [0.15, 0.2) is 15.9 Å². The summed E-state index contributed by atoms with van der Waals surface area (Å²) < 4.78 is 0.909. The average molecular weight is 411 g/mol. The highest BCUT2D eigenvalue weighted by Gasteiger charge is 2.24. The number of amides is 2. The van der Waals surface area contributed by atoms with E-state index in [0.717, 1.165) is 23.3 Å². The number of carbonyl (C=O) groups is 2. The Hall–Kier alpha value is -0.630. The van der Waals surface area contributed by atoms with E-state index in [-0.39, 0.29) is 36.8 Å². The van der Waals surface area contributed by atoms with E-state index in [1.54, 1.807) is 13.1 Å². The van der Waals surface area contributed by atoms with Crippen LogP contribution in [0.2, 0.25) is 0 Å². The van der Waals surface area contributed by atoms with Gasteiger partial charge in [-0.2, -0.15) is 0 Å². The largest absolute Gasteiger partial charge is 0.351 e. The van der Waals surface area contributed by atoms with Gasteiger partial charge in [-0.3, -0.25) is 9.59 Å². The third-order valence-electron chi connectivity index (χ3n) is 3.64. The first-order valence-corrected chi connectivity index (χ1v) is 8.59. The maximum Gasteiger partial charge on any atom is 0.264 e. The van der Waals surface area contributed by atoms with Crippen LogP contribution in [0.25, 0.3) is 0 Å². The third-order valence-corrected chi connectivity index (χ3v) is 5.25. The maximum absolute atomic E-state index is 12.2. The molecule has 2 atom stereocenters. The Morgan fingerprint density at radius 3 is 2.82 bits per heavy atom. The van der Waals surface area contributed by atoms with Crippen LogP contribution in [-0.4, -0.2) is 49.4 Å². The van der Waals surface area contributed by atoms with E-state index in [2.05, 4.69) is 33.5 Å². The maximum atomic E-state index is 12.2. The van der Waals surface area contributed by atoms with E-state index in [1.807, 2.05) is 6.07 Å². The zero-order valence-corrected chi connectivity index (χ0v) is 15.8. The minimum absolute atomic E-state index is 0. The first-order valence-electron chi connectivity index (χ1n) is 6.98. The van der Waals surface area contributed by atoms with Gasteiger partial charge in [-0.1, -0.05) is 6.92 Å². The van der Waals surface area contributed by atoms with E-state index in [4.69, 9.17) is 0 Å². The molecule has 0 aliphatic carbocycles. The second-order valence-corrected chi connectivity index (χ2v) is 7.87. The van der Waals surface area contributed by atoms with Gasteiger partial charge in [-0.25, -0.2) is 0 Å². The van der Waals surface area contributed by atoms with Gasteiger partial charge in [0.2, 0.25) is 5.91 Å². The Morgan fingerprint density at radius 1 is 1.50 bits per heavy atom. The van der Waals surface area contributed by atoms with Crippen LogP contribution >= 0.6 is 39.7 Å². The van der Waals surface area contributed by atoms with Gasteiger partial charge in [-0.05, 0) is 53.5 Å². The molecule has 8 heteroatoms. The second-order valence-electron chi connectivity index (χ2n) is 5.41. The second kappa shape index (κ2) is 8.86. The van der Waals surface area contributed by atoms with Crippen molar-refractivity contribution in [3.63, 3.8) is 0 Å². The summed E-state index contributed by atoms with van der Waals surface area (Å²) in [7, 11) is 1.65. The predicted molar refractivity (Wildman–Crippen MR) is 94.8 cm³/mol. The van der Waals surface area contributed by atoms with Gasteiger partial charge in [-0.15, -0.1) is 23.7 Å². The van der Waals surface area contributed by atoms with Crippen LogP contribution in [0.1, 0.15) is 23.0 Å². The lowest BCUT2D eigenvalue weighted by atomic mass is 9.95. The number of carbonyl (C=O) groups excluding carboxylic acids is 2. The smallest absolute Gasteiger partial charge is 0.264 e. The van der Waals surface area contributed by atoms with Crippen LogP contribution in [-0.2, 0) is 4.79 Å². The molecule has 2 amide bonds. The molecule has 0 radical (unpaired) electrons. The van der Waals surface area contributed by atoms with Gasteiger partial charge in [0.05, 0.1) is 15.2 Å². The normalized spacial score (nSPS) is 20.9. The fourth-order valence-corrected chi connectivity index (χ4v) is 3.77. The summed E-state index contributed by atoms with van der Waals surface area (Å²) >= 11 is 4.71. The Kier molecular flexibility index (Phi) is 7.82. The number of rotatable bonds is 4. The summed E-state index contributed by atoms with van der Waals surface area (Å²) in [6.45, 7) is 4.05. The van der Waals surface area contributed by atoms with Crippen LogP contribution < -0.4 is 10.6 Å². The first-order chi connectivity index (χ1) is 9.97. The fraction of sp³-hybridized carbons (Fsp3) is 0.571. The fourth-order valence-electron chi connectivity index (χ4n) is 2.39. The molecule has 124 valence electrons. The molecule has 1 aliphatic heterocycles. The third kappa shape index (κ3) is 5.22. The Balaban J connectivity index is 0.00000242. The van der Waals surface area contributed by atoms with E-state index in [9.17, 15) is 9.59 Å². The summed E-state index contributed by atoms with van der Waals surface area (Å²) in [5.41, 5.74) is 0. The van der Waals surface area contributed by atoms with Crippen LogP contribution in [0.4, 0.5) is 0 Å². The van der Waals surface area contributed by atoms with Crippen molar-refractivity contribution < 1.29 is 9.59 Å². The standard InChI is InChI=1S/C14H20BrN3O2S.ClH/c1-9-7-16-6-5-10(9)17-13(19)8-18(2)14(20)11-3-4-12(15)21-11;/h3-4,9-10,16H,5-8H2,1-2H3,(H,17,19);1H. The predicted octanol–water partition coefficient (Wildman–Crippen LogP) is 2.12. The Morgan fingerprint density at radius 2 is 2.23 bits per heavy atom. The molecular weight excluding hydrogens is 390 g/mol. The highest BCUT2D eigenvalue weighted by atomic mass is 79.9. The molecule has 0 aromatic carbocycles. The molecule has 2 heterocycles. The molecule has 0 spiro atoms. The van der Waals surface area contributed by atoms with Crippen molar-refractivity contribution in [1.29, 1.82) is 0 Å². The van der Waals surface area contributed by atoms with Crippen LogP contribution in [0.5, 0.6) is 0 Å². The van der Waals surface area contributed by atoms with Crippen molar-refractivity contribution in [3.05, 3.63) is 20.8 Å². The zero-order valence-electron chi connectivity index (χ0n) is 12.6. The Bertz CT molecular complexity index is 526. The number of hydrogen-bond donors (Lipinski definition) is 2. The Labute approximate surface area is 149 Å². The average Bonchev–Trinajstić information content (AvgIpc) is 2.87. The number of nitrogens with zero attached hydrogens (tertiary/aromatic N) is 1. The molecule has 2 N–H and O–H groups in total. The highest BCUT2D eigenvalue weighted by molar-refractivity contribution is 9.11. The molecule has 1 fully saturated rings. The zero-order chi connectivity index (χ0) is 15.4. The highest BCUT2D eigenvalue weighted by Crippen LogP contribution is 2.23. The van der Waals surface area contributed by atoms with Gasteiger partial charge in [0.15, 0.2) is 0 Å². The number of likely N-dealkylation sites (N-methyl/N-ethyl adjacent to an activating group) is 1. The molecule has 0 saturated carbocycles. The van der Waals surface area contributed by atoms with Crippen molar-refractivity contribution in [2.75, 3.05) is 26.7 Å². The molecule has 0 bridgehead atoms. The van der Waals surface area contributed by atoms with Gasteiger partial charge < -0.3 is 15.5 Å². The van der Waals surface area contributed by atoms with E-state index >= 15 is 0 Å². The summed E-state index contributed by atoms with van der Waals surface area (Å²) in [4.78, 5) is 26.3. The van der Waals surface area contributed by atoms with E-state index < -0.39 is 0 Å². The topological polar surface area (TPSA) is 61.4 Å². The van der Waals surface area contributed by atoms with Crippen LogP contribution in [0, 0.1) is 5.92 Å². The van der Waals surface area contributed by atoms with E-state index in [1.165, 1.54) is 16.2 Å². The molecule has 1 saturated heterocycles. The molecule has 1 aromatic rings. The quantitative estimate of drug-likeness (QED) is 0.799. The molecule has 5 nitrogen and oxygen atoms in total. The lowest BCUT2D eigenvalue weighted by Crippen LogP contribution is -2.50. The number of piperidine rings is 1.